The van der Waals surface area contributed by atoms with Gasteiger partial charge in [-0.1, -0.05) is 39.5 Å². The van der Waals surface area contributed by atoms with Crippen molar-refractivity contribution in [2.24, 2.45) is 5.92 Å². The number of rotatable bonds is 6. The quantitative estimate of drug-likeness (QED) is 0.540. The van der Waals surface area contributed by atoms with Gasteiger partial charge in [0.05, 0.1) is 0 Å². The Morgan fingerprint density at radius 3 is 2.45 bits per heavy atom. The number of unbranched alkanes of at least 4 members (excludes halogenated alkanes) is 2. The molecule has 0 aromatic rings. The number of hydrogen-bond donors (Lipinski definition) is 0. The molecule has 1 heteroatoms. The predicted octanol–water partition coefficient (Wildman–Crippen LogP) is 3.18. The van der Waals surface area contributed by atoms with E-state index in [2.05, 4.69) is 13.8 Å². The highest BCUT2D eigenvalue weighted by Gasteiger charge is 2.03. The Balaban J connectivity index is 3.22. The van der Waals surface area contributed by atoms with E-state index in [0.717, 1.165) is 6.42 Å². The molecule has 1 atom stereocenters. The van der Waals surface area contributed by atoms with Crippen LogP contribution < -0.4 is 0 Å². The highest BCUT2D eigenvalue weighted by Crippen LogP contribution is 2.12. The van der Waals surface area contributed by atoms with Crippen molar-refractivity contribution in [1.82, 2.24) is 0 Å². The van der Waals surface area contributed by atoms with Crippen LogP contribution in [0.25, 0.3) is 0 Å². The number of ketones is 1. The van der Waals surface area contributed by atoms with Gasteiger partial charge < -0.3 is 4.79 Å². The molecule has 0 rings (SSSR count). The monoisotopic (exact) mass is 156 g/mol. The van der Waals surface area contributed by atoms with Crippen LogP contribution >= 0.6 is 0 Å². The zero-order chi connectivity index (χ0) is 8.69. The topological polar surface area (TPSA) is 17.1 Å². The molecule has 1 nitrogen and oxygen atoms in total. The normalized spacial score (nSPS) is 13.0. The van der Waals surface area contributed by atoms with E-state index in [1.165, 1.54) is 25.7 Å². The zero-order valence-electron chi connectivity index (χ0n) is 8.02. The highest BCUT2D eigenvalue weighted by atomic mass is 16.1. The molecule has 0 aromatic carbocycles. The summed E-state index contributed by atoms with van der Waals surface area (Å²) in [6.07, 6.45) is 5.84. The molecular weight excluding hydrogens is 136 g/mol. The maximum atomic E-state index is 10.7. The van der Waals surface area contributed by atoms with E-state index in [0.29, 0.717) is 11.7 Å². The van der Waals surface area contributed by atoms with Crippen molar-refractivity contribution < 1.29 is 4.79 Å². The summed E-state index contributed by atoms with van der Waals surface area (Å²) in [5.41, 5.74) is 0. The third kappa shape index (κ3) is 7.57. The molecule has 0 aliphatic rings. The van der Waals surface area contributed by atoms with Gasteiger partial charge >= 0.3 is 0 Å². The minimum atomic E-state index is 0.328. The van der Waals surface area contributed by atoms with Crippen LogP contribution in [0.4, 0.5) is 0 Å². The van der Waals surface area contributed by atoms with Gasteiger partial charge in [0.2, 0.25) is 0 Å². The summed E-state index contributed by atoms with van der Waals surface area (Å²) >= 11 is 0. The van der Waals surface area contributed by atoms with Crippen molar-refractivity contribution in [3.63, 3.8) is 0 Å². The van der Waals surface area contributed by atoms with E-state index in [9.17, 15) is 4.79 Å². The fraction of sp³-hybridized carbons (Fsp3) is 0.900. The lowest BCUT2D eigenvalue weighted by atomic mass is 9.98. The Hall–Kier alpha value is -0.330. The van der Waals surface area contributed by atoms with Crippen LogP contribution in [0.3, 0.4) is 0 Å². The van der Waals surface area contributed by atoms with Crippen molar-refractivity contribution in [1.29, 1.82) is 0 Å². The summed E-state index contributed by atoms with van der Waals surface area (Å²) < 4.78 is 0. The van der Waals surface area contributed by atoms with Gasteiger partial charge in [-0.25, -0.2) is 0 Å². The van der Waals surface area contributed by atoms with Gasteiger partial charge in [0.15, 0.2) is 0 Å². The number of hydrogen-bond acceptors (Lipinski definition) is 1. The van der Waals surface area contributed by atoms with Gasteiger partial charge in [-0.3, -0.25) is 0 Å². The molecule has 0 aromatic heterocycles. The van der Waals surface area contributed by atoms with E-state index in [1.54, 1.807) is 6.92 Å². The Labute approximate surface area is 70.2 Å². The lowest BCUT2D eigenvalue weighted by Crippen LogP contribution is -2.01. The van der Waals surface area contributed by atoms with E-state index in [-0.39, 0.29) is 0 Å². The number of Topliss-reactive ketones (excluding diaryl/α,β-unsaturated/α-hetero) is 1. The number of carbonyl (C=O) groups is 1. The van der Waals surface area contributed by atoms with Crippen LogP contribution in [0.5, 0.6) is 0 Å². The van der Waals surface area contributed by atoms with Crippen LogP contribution in [-0.4, -0.2) is 5.78 Å². The van der Waals surface area contributed by atoms with Crippen molar-refractivity contribution in [3.8, 4) is 0 Å². The Bertz CT molecular complexity index is 107. The fourth-order valence-electron chi connectivity index (χ4n) is 1.34. The van der Waals surface area contributed by atoms with Crippen molar-refractivity contribution in [3.05, 3.63) is 0 Å². The molecule has 66 valence electrons. The fourth-order valence-corrected chi connectivity index (χ4v) is 1.34. The molecule has 0 amide bonds. The van der Waals surface area contributed by atoms with Crippen LogP contribution in [0.2, 0.25) is 0 Å². The molecule has 0 heterocycles. The van der Waals surface area contributed by atoms with Crippen LogP contribution in [0.15, 0.2) is 0 Å². The van der Waals surface area contributed by atoms with Crippen LogP contribution in [0.1, 0.15) is 52.9 Å². The second kappa shape index (κ2) is 6.38. The summed E-state index contributed by atoms with van der Waals surface area (Å²) in [5, 5.41) is 0. The molecule has 0 aliphatic carbocycles. The van der Waals surface area contributed by atoms with E-state index >= 15 is 0 Å². The summed E-state index contributed by atoms with van der Waals surface area (Å²) in [6.45, 7) is 6.04. The zero-order valence-corrected chi connectivity index (χ0v) is 8.02. The van der Waals surface area contributed by atoms with Gasteiger partial charge in [0.25, 0.3) is 0 Å². The largest absolute Gasteiger partial charge is 0.300 e. The summed E-state index contributed by atoms with van der Waals surface area (Å²) in [6, 6.07) is 0. The molecule has 0 saturated heterocycles. The average Bonchev–Trinajstić information content (AvgIpc) is 1.86. The first-order valence-electron chi connectivity index (χ1n) is 4.66. The van der Waals surface area contributed by atoms with Gasteiger partial charge in [-0.05, 0) is 12.8 Å². The smallest absolute Gasteiger partial charge is 0.130 e. The first-order chi connectivity index (χ1) is 5.16. The summed E-state index contributed by atoms with van der Waals surface area (Å²) in [7, 11) is 0. The van der Waals surface area contributed by atoms with Crippen LogP contribution in [-0.2, 0) is 4.79 Å². The summed E-state index contributed by atoms with van der Waals surface area (Å²) in [4.78, 5) is 10.7. The lowest BCUT2D eigenvalue weighted by molar-refractivity contribution is -0.117. The minimum absolute atomic E-state index is 0.328. The van der Waals surface area contributed by atoms with Crippen molar-refractivity contribution in [2.45, 2.75) is 52.9 Å². The van der Waals surface area contributed by atoms with E-state index < -0.39 is 0 Å². The maximum absolute atomic E-state index is 10.7. The van der Waals surface area contributed by atoms with Crippen molar-refractivity contribution in [2.75, 3.05) is 0 Å². The second-order valence-corrected chi connectivity index (χ2v) is 3.51. The molecule has 0 unspecified atom stereocenters. The molecule has 11 heavy (non-hydrogen) atoms. The highest BCUT2D eigenvalue weighted by molar-refractivity contribution is 5.75. The standard InChI is InChI=1S/C10H20O/c1-4-5-6-7-9(2)8-10(3)11/h9H,4-8H2,1-3H3/t9-/m1/s1. The molecule has 0 saturated carbocycles. The third-order valence-corrected chi connectivity index (χ3v) is 1.94. The van der Waals surface area contributed by atoms with Gasteiger partial charge in [0, 0.05) is 6.42 Å². The SMILES string of the molecule is CCCCC[C@@H](C)CC(C)=O. The maximum Gasteiger partial charge on any atom is 0.130 e. The predicted molar refractivity (Wildman–Crippen MR) is 48.6 cm³/mol. The van der Waals surface area contributed by atoms with Gasteiger partial charge in [-0.15, -0.1) is 0 Å². The van der Waals surface area contributed by atoms with E-state index in [4.69, 9.17) is 0 Å². The molecule has 0 spiro atoms. The Morgan fingerprint density at radius 1 is 1.36 bits per heavy atom. The first-order valence-corrected chi connectivity index (χ1v) is 4.66. The lowest BCUT2D eigenvalue weighted by Gasteiger charge is -2.07. The number of carbonyl (C=O) groups excluding carboxylic acids is 1. The second-order valence-electron chi connectivity index (χ2n) is 3.51. The van der Waals surface area contributed by atoms with Crippen molar-refractivity contribution >= 4 is 5.78 Å². The summed E-state index contributed by atoms with van der Waals surface area (Å²) in [5.74, 6) is 0.924. The van der Waals surface area contributed by atoms with E-state index in [1.807, 2.05) is 0 Å². The Kier molecular flexibility index (Phi) is 6.19. The molecular formula is C10H20O. The molecule has 0 aliphatic heterocycles. The first kappa shape index (κ1) is 10.7. The Morgan fingerprint density at radius 2 is 2.00 bits per heavy atom. The van der Waals surface area contributed by atoms with Crippen LogP contribution in [0, 0.1) is 5.92 Å². The minimum Gasteiger partial charge on any atom is -0.300 e. The van der Waals surface area contributed by atoms with Gasteiger partial charge in [0.1, 0.15) is 5.78 Å². The third-order valence-electron chi connectivity index (χ3n) is 1.94. The van der Waals surface area contributed by atoms with Gasteiger partial charge in [-0.2, -0.15) is 0 Å². The molecule has 0 radical (unpaired) electrons. The average molecular weight is 156 g/mol. The molecule has 0 bridgehead atoms. The molecule has 0 N–H and O–H groups in total. The molecule has 0 fully saturated rings.